The molecule has 0 bridgehead atoms. The molecule has 3 nitrogen and oxygen atoms in total. The van der Waals surface area contributed by atoms with Crippen molar-refractivity contribution < 1.29 is 8.97 Å². The second-order valence-electron chi connectivity index (χ2n) is 7.68. The highest BCUT2D eigenvalue weighted by Gasteiger charge is 2.26. The van der Waals surface area contributed by atoms with Crippen molar-refractivity contribution in [1.82, 2.24) is 4.90 Å². The van der Waals surface area contributed by atoms with Crippen molar-refractivity contribution in [2.24, 2.45) is 5.92 Å². The van der Waals surface area contributed by atoms with Gasteiger partial charge in [0.1, 0.15) is 0 Å². The number of likely N-dealkylation sites (N-methyl/N-ethyl adjacent to an activating group) is 1. The Morgan fingerprint density at radius 2 is 1.38 bits per heavy atom. The summed E-state index contributed by atoms with van der Waals surface area (Å²) in [5, 5.41) is 0. The van der Waals surface area contributed by atoms with E-state index in [9.17, 15) is 0 Å². The number of hydrogen-bond donors (Lipinski definition) is 0. The Hall–Kier alpha value is -0.120. The summed E-state index contributed by atoms with van der Waals surface area (Å²) in [4.78, 5) is 2.61. The van der Waals surface area contributed by atoms with E-state index in [1.54, 1.807) is 0 Å². The van der Waals surface area contributed by atoms with Crippen LogP contribution in [0.25, 0.3) is 0 Å². The average molecular weight is 306 g/mol. The highest BCUT2D eigenvalue weighted by molar-refractivity contribution is 4.64. The zero-order valence-corrected chi connectivity index (χ0v) is 14.9. The van der Waals surface area contributed by atoms with Gasteiger partial charge >= 0.3 is 0 Å². The standard InChI is InChI=1S/C11H25N2.C5H14N.2CH4/c1-5-13(4)8-6-12(7-9-13)10-11(2)3;1-5-6(2,3)4;;/h11H,5-10H2,1-4H3;5H2,1-4H3;2*1H4/q2*+1;;. The first kappa shape index (κ1) is 25.8. The molecule has 0 aromatic carbocycles. The predicted molar refractivity (Wildman–Crippen MR) is 99.8 cm³/mol. The molecule has 1 saturated heterocycles. The van der Waals surface area contributed by atoms with Crippen molar-refractivity contribution in [1.29, 1.82) is 0 Å². The van der Waals surface area contributed by atoms with Crippen LogP contribution in [0.2, 0.25) is 0 Å². The molecule has 0 aromatic rings. The second kappa shape index (κ2) is 11.4. The van der Waals surface area contributed by atoms with Gasteiger partial charge in [0.05, 0.1) is 54.4 Å². The monoisotopic (exact) mass is 305 g/mol. The Morgan fingerprint density at radius 3 is 1.62 bits per heavy atom. The lowest BCUT2D eigenvalue weighted by molar-refractivity contribution is -0.912. The van der Waals surface area contributed by atoms with Crippen LogP contribution in [0.15, 0.2) is 0 Å². The lowest BCUT2D eigenvalue weighted by Crippen LogP contribution is -2.57. The van der Waals surface area contributed by atoms with E-state index in [0.29, 0.717) is 0 Å². The SMILES string of the molecule is C.C.CC[N+](C)(C)C.CC[N+]1(C)CCN(CC(C)C)CC1. The number of hydrogen-bond acceptors (Lipinski definition) is 1. The van der Waals surface area contributed by atoms with Crippen molar-refractivity contribution in [3.8, 4) is 0 Å². The van der Waals surface area contributed by atoms with Crippen molar-refractivity contribution in [3.05, 3.63) is 0 Å². The molecule has 0 aromatic heterocycles. The molecule has 0 radical (unpaired) electrons. The van der Waals surface area contributed by atoms with Gasteiger partial charge in [-0.05, 0) is 19.8 Å². The first-order chi connectivity index (χ1) is 8.62. The van der Waals surface area contributed by atoms with Gasteiger partial charge in [-0.2, -0.15) is 0 Å². The summed E-state index contributed by atoms with van der Waals surface area (Å²) < 4.78 is 2.34. The Balaban J connectivity index is -0.000000352. The molecule has 0 spiro atoms. The molecule has 0 amide bonds. The molecule has 0 saturated carbocycles. The van der Waals surface area contributed by atoms with Crippen LogP contribution in [0.4, 0.5) is 0 Å². The van der Waals surface area contributed by atoms with Crippen molar-refractivity contribution >= 4 is 0 Å². The first-order valence-electron chi connectivity index (χ1n) is 7.98. The third-order valence-electron chi connectivity index (χ3n) is 4.25. The zero-order valence-electron chi connectivity index (χ0n) is 14.9. The summed E-state index contributed by atoms with van der Waals surface area (Å²) in [6.45, 7) is 18.1. The Kier molecular flexibility index (Phi) is 14.1. The van der Waals surface area contributed by atoms with Crippen LogP contribution < -0.4 is 0 Å². The second-order valence-corrected chi connectivity index (χ2v) is 7.68. The van der Waals surface area contributed by atoms with Crippen LogP contribution >= 0.6 is 0 Å². The minimum atomic E-state index is 0. The maximum atomic E-state index is 2.61. The maximum Gasteiger partial charge on any atom is 0.0914 e. The minimum absolute atomic E-state index is 0. The van der Waals surface area contributed by atoms with Gasteiger partial charge in [-0.3, -0.25) is 4.90 Å². The van der Waals surface area contributed by atoms with E-state index in [2.05, 4.69) is 60.8 Å². The van der Waals surface area contributed by atoms with E-state index in [1.165, 1.54) is 50.3 Å². The van der Waals surface area contributed by atoms with Gasteiger partial charge in [0.2, 0.25) is 0 Å². The van der Waals surface area contributed by atoms with Crippen LogP contribution in [-0.2, 0) is 0 Å². The molecule has 1 heterocycles. The lowest BCUT2D eigenvalue weighted by atomic mass is 10.2. The molecular formula is C18H47N3+2. The summed E-state index contributed by atoms with van der Waals surface area (Å²) in [6, 6.07) is 0. The predicted octanol–water partition coefficient (Wildman–Crippen LogP) is 3.41. The normalized spacial score (nSPS) is 18.1. The molecule has 3 heteroatoms. The van der Waals surface area contributed by atoms with Crippen LogP contribution in [0, 0.1) is 5.92 Å². The van der Waals surface area contributed by atoms with Crippen molar-refractivity contribution in [3.63, 3.8) is 0 Å². The Bertz CT molecular complexity index is 223. The molecular weight excluding hydrogens is 258 g/mol. The van der Waals surface area contributed by atoms with Gasteiger partial charge in [0, 0.05) is 19.6 Å². The molecule has 132 valence electrons. The van der Waals surface area contributed by atoms with Crippen molar-refractivity contribution in [2.45, 2.75) is 42.5 Å². The molecule has 1 aliphatic heterocycles. The van der Waals surface area contributed by atoms with Gasteiger partial charge < -0.3 is 8.97 Å². The van der Waals surface area contributed by atoms with Crippen LogP contribution in [0.1, 0.15) is 42.5 Å². The molecule has 0 atom stereocenters. The maximum absolute atomic E-state index is 2.61. The van der Waals surface area contributed by atoms with E-state index in [-0.39, 0.29) is 14.9 Å². The van der Waals surface area contributed by atoms with E-state index in [0.717, 1.165) is 10.4 Å². The minimum Gasteiger partial charge on any atom is -0.331 e. The fraction of sp³-hybridized carbons (Fsp3) is 1.00. The molecule has 0 unspecified atom stereocenters. The molecule has 0 aliphatic carbocycles. The molecule has 1 aliphatic rings. The number of piperazine rings is 1. The molecule has 1 fully saturated rings. The summed E-state index contributed by atoms with van der Waals surface area (Å²) >= 11 is 0. The summed E-state index contributed by atoms with van der Waals surface area (Å²) in [5.74, 6) is 0.818. The van der Waals surface area contributed by atoms with Crippen molar-refractivity contribution in [2.75, 3.05) is 74.0 Å². The van der Waals surface area contributed by atoms with E-state index in [4.69, 9.17) is 0 Å². The number of rotatable bonds is 4. The largest absolute Gasteiger partial charge is 0.331 e. The molecule has 21 heavy (non-hydrogen) atoms. The fourth-order valence-electron chi connectivity index (χ4n) is 2.00. The smallest absolute Gasteiger partial charge is 0.0914 e. The molecule has 1 rings (SSSR count). The number of nitrogens with zero attached hydrogens (tertiary/aromatic N) is 3. The number of quaternary nitrogens is 2. The fourth-order valence-corrected chi connectivity index (χ4v) is 2.00. The van der Waals surface area contributed by atoms with E-state index < -0.39 is 0 Å². The van der Waals surface area contributed by atoms with Crippen LogP contribution in [0.5, 0.6) is 0 Å². The zero-order chi connectivity index (χ0) is 15.1. The van der Waals surface area contributed by atoms with E-state index in [1.807, 2.05) is 0 Å². The van der Waals surface area contributed by atoms with Gasteiger partial charge in [-0.1, -0.05) is 28.7 Å². The van der Waals surface area contributed by atoms with Gasteiger partial charge in [-0.25, -0.2) is 0 Å². The van der Waals surface area contributed by atoms with Crippen LogP contribution in [0.3, 0.4) is 0 Å². The third kappa shape index (κ3) is 13.3. The quantitative estimate of drug-likeness (QED) is 0.720. The van der Waals surface area contributed by atoms with E-state index >= 15 is 0 Å². The highest BCUT2D eigenvalue weighted by Crippen LogP contribution is 2.10. The average Bonchev–Trinajstić information content (AvgIpc) is 2.32. The highest BCUT2D eigenvalue weighted by atomic mass is 15.4. The van der Waals surface area contributed by atoms with Gasteiger partial charge in [0.15, 0.2) is 0 Å². The van der Waals surface area contributed by atoms with Gasteiger partial charge in [-0.15, -0.1) is 0 Å². The first-order valence-corrected chi connectivity index (χ1v) is 7.98. The van der Waals surface area contributed by atoms with Crippen LogP contribution in [-0.4, -0.2) is 87.9 Å². The third-order valence-corrected chi connectivity index (χ3v) is 4.25. The Morgan fingerprint density at radius 1 is 1.00 bits per heavy atom. The summed E-state index contributed by atoms with van der Waals surface area (Å²) in [7, 11) is 8.92. The van der Waals surface area contributed by atoms with Gasteiger partial charge in [0.25, 0.3) is 0 Å². The summed E-state index contributed by atoms with van der Waals surface area (Å²) in [5.41, 5.74) is 0. The lowest BCUT2D eigenvalue weighted by Gasteiger charge is -2.41. The summed E-state index contributed by atoms with van der Waals surface area (Å²) in [6.07, 6.45) is 0. The topological polar surface area (TPSA) is 3.24 Å². The molecule has 0 N–H and O–H groups in total. The Labute approximate surface area is 137 Å².